The fraction of sp³-hybridized carbons (Fsp3) is 0.400. The molecule has 0 heterocycles. The van der Waals surface area contributed by atoms with E-state index in [1.807, 2.05) is 38.4 Å². The Kier molecular flexibility index (Phi) is 6.68. The normalized spacial score (nSPS) is 11.1. The molecule has 3 N–H and O–H groups in total. The van der Waals surface area contributed by atoms with Crippen molar-refractivity contribution in [1.82, 2.24) is 10.2 Å². The van der Waals surface area contributed by atoms with Gasteiger partial charge in [-0.15, -0.1) is 0 Å². The summed E-state index contributed by atoms with van der Waals surface area (Å²) in [5, 5.41) is 2.87. The topological polar surface area (TPSA) is 58.4 Å². The SMILES string of the molecule is CN(C)CCCCNC(=O)/C=C/c1cccc(N)c1. The molecule has 1 aromatic rings. The number of hydrogen-bond donors (Lipinski definition) is 2. The monoisotopic (exact) mass is 261 g/mol. The van der Waals surface area contributed by atoms with Crippen LogP contribution in [0.15, 0.2) is 30.3 Å². The molecule has 4 heteroatoms. The molecule has 0 spiro atoms. The van der Waals surface area contributed by atoms with Gasteiger partial charge >= 0.3 is 0 Å². The second-order valence-corrected chi connectivity index (χ2v) is 4.80. The van der Waals surface area contributed by atoms with E-state index in [1.165, 1.54) is 0 Å². The van der Waals surface area contributed by atoms with Gasteiger partial charge in [-0.2, -0.15) is 0 Å². The van der Waals surface area contributed by atoms with Gasteiger partial charge in [0.1, 0.15) is 0 Å². The molecule has 104 valence electrons. The van der Waals surface area contributed by atoms with Gasteiger partial charge in [0.15, 0.2) is 0 Å². The van der Waals surface area contributed by atoms with E-state index < -0.39 is 0 Å². The fourth-order valence-corrected chi connectivity index (χ4v) is 1.66. The maximum atomic E-state index is 11.6. The van der Waals surface area contributed by atoms with Crippen molar-refractivity contribution in [2.24, 2.45) is 0 Å². The summed E-state index contributed by atoms with van der Waals surface area (Å²) in [6.07, 6.45) is 5.40. The lowest BCUT2D eigenvalue weighted by atomic mass is 10.2. The second kappa shape index (κ2) is 8.32. The molecule has 0 unspecified atom stereocenters. The average Bonchev–Trinajstić information content (AvgIpc) is 2.35. The van der Waals surface area contributed by atoms with Crippen molar-refractivity contribution < 1.29 is 4.79 Å². The smallest absolute Gasteiger partial charge is 0.243 e. The van der Waals surface area contributed by atoms with Gasteiger partial charge < -0.3 is 16.0 Å². The summed E-state index contributed by atoms with van der Waals surface area (Å²) in [6.45, 7) is 1.77. The summed E-state index contributed by atoms with van der Waals surface area (Å²) in [4.78, 5) is 13.7. The molecule has 4 nitrogen and oxygen atoms in total. The van der Waals surface area contributed by atoms with Crippen LogP contribution in [0.25, 0.3) is 6.08 Å². The Labute approximate surface area is 115 Å². The standard InChI is InChI=1S/C15H23N3O/c1-18(2)11-4-3-10-17-15(19)9-8-13-6-5-7-14(16)12-13/h5-9,12H,3-4,10-11,16H2,1-2H3,(H,17,19)/b9-8+. The number of anilines is 1. The Morgan fingerprint density at radius 1 is 1.37 bits per heavy atom. The molecule has 0 saturated carbocycles. The molecular weight excluding hydrogens is 238 g/mol. The number of unbranched alkanes of at least 4 members (excludes halogenated alkanes) is 1. The third kappa shape index (κ3) is 7.26. The molecule has 1 rings (SSSR count). The van der Waals surface area contributed by atoms with Gasteiger partial charge in [0.2, 0.25) is 5.91 Å². The molecule has 1 amide bonds. The van der Waals surface area contributed by atoms with E-state index in [0.717, 1.165) is 24.9 Å². The van der Waals surface area contributed by atoms with E-state index in [4.69, 9.17) is 5.73 Å². The highest BCUT2D eigenvalue weighted by Gasteiger charge is 1.96. The van der Waals surface area contributed by atoms with Gasteiger partial charge in [-0.3, -0.25) is 4.79 Å². The molecule has 0 aromatic heterocycles. The second-order valence-electron chi connectivity index (χ2n) is 4.80. The first-order chi connectivity index (χ1) is 9.08. The van der Waals surface area contributed by atoms with Crippen LogP contribution in [0.3, 0.4) is 0 Å². The highest BCUT2D eigenvalue weighted by molar-refractivity contribution is 5.91. The number of nitrogens with two attached hydrogens (primary N) is 1. The van der Waals surface area contributed by atoms with Crippen LogP contribution in [-0.2, 0) is 4.79 Å². The Morgan fingerprint density at radius 3 is 2.84 bits per heavy atom. The Bertz CT molecular complexity index is 427. The van der Waals surface area contributed by atoms with Crippen LogP contribution in [-0.4, -0.2) is 38.0 Å². The molecule has 0 aliphatic heterocycles. The van der Waals surface area contributed by atoms with E-state index in [0.29, 0.717) is 12.2 Å². The maximum Gasteiger partial charge on any atom is 0.243 e. The highest BCUT2D eigenvalue weighted by Crippen LogP contribution is 2.07. The zero-order valence-corrected chi connectivity index (χ0v) is 11.7. The van der Waals surface area contributed by atoms with Crippen LogP contribution in [0.1, 0.15) is 18.4 Å². The van der Waals surface area contributed by atoms with Gasteiger partial charge in [-0.25, -0.2) is 0 Å². The molecule has 0 bridgehead atoms. The summed E-state index contributed by atoms with van der Waals surface area (Å²) < 4.78 is 0. The van der Waals surface area contributed by atoms with Crippen molar-refractivity contribution in [3.05, 3.63) is 35.9 Å². The van der Waals surface area contributed by atoms with Crippen LogP contribution in [0.4, 0.5) is 5.69 Å². The van der Waals surface area contributed by atoms with Crippen molar-refractivity contribution in [2.45, 2.75) is 12.8 Å². The lowest BCUT2D eigenvalue weighted by Gasteiger charge is -2.08. The van der Waals surface area contributed by atoms with E-state index in [9.17, 15) is 4.79 Å². The van der Waals surface area contributed by atoms with Gasteiger partial charge in [-0.05, 0) is 57.3 Å². The van der Waals surface area contributed by atoms with Crippen LogP contribution in [0.2, 0.25) is 0 Å². The Balaban J connectivity index is 2.24. The van der Waals surface area contributed by atoms with Gasteiger partial charge in [0.25, 0.3) is 0 Å². The Hall–Kier alpha value is -1.81. The van der Waals surface area contributed by atoms with Gasteiger partial charge in [-0.1, -0.05) is 12.1 Å². The summed E-state index contributed by atoms with van der Waals surface area (Å²) in [6, 6.07) is 7.44. The predicted molar refractivity (Wildman–Crippen MR) is 80.7 cm³/mol. The fourth-order valence-electron chi connectivity index (χ4n) is 1.66. The first-order valence-electron chi connectivity index (χ1n) is 6.54. The lowest BCUT2D eigenvalue weighted by molar-refractivity contribution is -0.116. The molecule has 0 saturated heterocycles. The Morgan fingerprint density at radius 2 is 2.16 bits per heavy atom. The molecule has 1 aromatic carbocycles. The molecule has 0 atom stereocenters. The van der Waals surface area contributed by atoms with Crippen molar-refractivity contribution in [1.29, 1.82) is 0 Å². The largest absolute Gasteiger partial charge is 0.399 e. The number of rotatable bonds is 7. The number of nitrogen functional groups attached to an aromatic ring is 1. The predicted octanol–water partition coefficient (Wildman–Crippen LogP) is 1.74. The van der Waals surface area contributed by atoms with Gasteiger partial charge in [0.05, 0.1) is 0 Å². The van der Waals surface area contributed by atoms with E-state index in [2.05, 4.69) is 10.2 Å². The highest BCUT2D eigenvalue weighted by atomic mass is 16.1. The van der Waals surface area contributed by atoms with Crippen molar-refractivity contribution in [3.63, 3.8) is 0 Å². The first-order valence-corrected chi connectivity index (χ1v) is 6.54. The van der Waals surface area contributed by atoms with Crippen molar-refractivity contribution in [3.8, 4) is 0 Å². The number of amides is 1. The average molecular weight is 261 g/mol. The van der Waals surface area contributed by atoms with E-state index in [-0.39, 0.29) is 5.91 Å². The molecule has 0 fully saturated rings. The zero-order valence-electron chi connectivity index (χ0n) is 11.7. The van der Waals surface area contributed by atoms with Crippen LogP contribution in [0, 0.1) is 0 Å². The van der Waals surface area contributed by atoms with Crippen LogP contribution >= 0.6 is 0 Å². The van der Waals surface area contributed by atoms with Crippen LogP contribution in [0.5, 0.6) is 0 Å². The number of benzene rings is 1. The van der Waals surface area contributed by atoms with Crippen molar-refractivity contribution >= 4 is 17.7 Å². The number of nitrogens with one attached hydrogen (secondary N) is 1. The summed E-state index contributed by atoms with van der Waals surface area (Å²) in [5.41, 5.74) is 7.30. The lowest BCUT2D eigenvalue weighted by Crippen LogP contribution is -2.23. The van der Waals surface area contributed by atoms with E-state index in [1.54, 1.807) is 12.2 Å². The van der Waals surface area contributed by atoms with E-state index >= 15 is 0 Å². The summed E-state index contributed by atoms with van der Waals surface area (Å²) in [7, 11) is 4.10. The quantitative estimate of drug-likeness (QED) is 0.446. The first kappa shape index (κ1) is 15.2. The minimum Gasteiger partial charge on any atom is -0.399 e. The third-order valence-electron chi connectivity index (χ3n) is 2.67. The van der Waals surface area contributed by atoms with Crippen LogP contribution < -0.4 is 11.1 Å². The summed E-state index contributed by atoms with van der Waals surface area (Å²) >= 11 is 0. The number of carbonyl (C=O) groups excluding carboxylic acids is 1. The molecule has 0 aliphatic rings. The maximum absolute atomic E-state index is 11.6. The molecule has 0 radical (unpaired) electrons. The molecule has 19 heavy (non-hydrogen) atoms. The molecular formula is C15H23N3O. The number of nitrogens with zero attached hydrogens (tertiary/aromatic N) is 1. The minimum atomic E-state index is -0.0627. The third-order valence-corrected chi connectivity index (χ3v) is 2.67. The number of hydrogen-bond acceptors (Lipinski definition) is 3. The zero-order chi connectivity index (χ0) is 14.1. The minimum absolute atomic E-state index is 0.0627. The van der Waals surface area contributed by atoms with Crippen molar-refractivity contribution in [2.75, 3.05) is 32.9 Å². The van der Waals surface area contributed by atoms with Gasteiger partial charge in [0, 0.05) is 18.3 Å². The summed E-state index contributed by atoms with van der Waals surface area (Å²) in [5.74, 6) is -0.0627. The molecule has 0 aliphatic carbocycles. The number of carbonyl (C=O) groups is 1.